The van der Waals surface area contributed by atoms with E-state index in [4.69, 9.17) is 0 Å². The van der Waals surface area contributed by atoms with Crippen LogP contribution in [0.1, 0.15) is 11.1 Å². The van der Waals surface area contributed by atoms with Crippen LogP contribution in [0.3, 0.4) is 0 Å². The fraction of sp³-hybridized carbons (Fsp3) is 0.429. The number of likely N-dealkylation sites (N-methyl/N-ethyl adjacent to an activating group) is 1. The van der Waals surface area contributed by atoms with Crippen molar-refractivity contribution in [1.29, 1.82) is 0 Å². The number of carbonyl (C=O) groups is 2. The summed E-state index contributed by atoms with van der Waals surface area (Å²) in [7, 11) is 1.64. The number of amides is 1. The summed E-state index contributed by atoms with van der Waals surface area (Å²) in [6.45, 7) is 2.88. The largest absolute Gasteiger partial charge is 0.480 e. The molecule has 1 heterocycles. The number of carbonyl (C=O) groups excluding carboxylic acids is 1. The SMILES string of the molecule is Cc1ccc(CN2CC(=O)N(C)CC2C(=O)O)cc1. The maximum atomic E-state index is 11.7. The first kappa shape index (κ1) is 13.5. The number of benzene rings is 1. The molecule has 0 spiro atoms. The molecule has 1 atom stereocenters. The zero-order valence-corrected chi connectivity index (χ0v) is 11.2. The summed E-state index contributed by atoms with van der Waals surface area (Å²) in [5.74, 6) is -0.920. The van der Waals surface area contributed by atoms with Crippen LogP contribution in [-0.4, -0.2) is 53.0 Å². The first-order valence-corrected chi connectivity index (χ1v) is 6.23. The number of aliphatic carboxylic acids is 1. The highest BCUT2D eigenvalue weighted by Crippen LogP contribution is 2.15. The highest BCUT2D eigenvalue weighted by Gasteiger charge is 2.34. The molecule has 0 bridgehead atoms. The van der Waals surface area contributed by atoms with Gasteiger partial charge in [-0.3, -0.25) is 14.5 Å². The molecule has 0 saturated carbocycles. The molecule has 1 amide bonds. The highest BCUT2D eigenvalue weighted by atomic mass is 16.4. The molecule has 1 aromatic carbocycles. The van der Waals surface area contributed by atoms with Gasteiger partial charge >= 0.3 is 5.97 Å². The van der Waals surface area contributed by atoms with Crippen molar-refractivity contribution in [1.82, 2.24) is 9.80 Å². The van der Waals surface area contributed by atoms with Gasteiger partial charge in [0.1, 0.15) is 6.04 Å². The molecule has 1 unspecified atom stereocenters. The predicted octanol–water partition coefficient (Wildman–Crippen LogP) is 0.722. The van der Waals surface area contributed by atoms with E-state index in [0.29, 0.717) is 6.54 Å². The monoisotopic (exact) mass is 262 g/mol. The number of nitrogens with zero attached hydrogens (tertiary/aromatic N) is 2. The zero-order chi connectivity index (χ0) is 14.0. The normalized spacial score (nSPS) is 20.6. The molecule has 2 rings (SSSR count). The third kappa shape index (κ3) is 3.12. The van der Waals surface area contributed by atoms with Gasteiger partial charge in [-0.1, -0.05) is 29.8 Å². The second-order valence-corrected chi connectivity index (χ2v) is 5.02. The van der Waals surface area contributed by atoms with Crippen molar-refractivity contribution in [3.05, 3.63) is 35.4 Å². The van der Waals surface area contributed by atoms with Crippen molar-refractivity contribution in [2.75, 3.05) is 20.1 Å². The van der Waals surface area contributed by atoms with Gasteiger partial charge in [0.05, 0.1) is 6.54 Å². The summed E-state index contributed by atoms with van der Waals surface area (Å²) in [6, 6.07) is 7.28. The maximum Gasteiger partial charge on any atom is 0.322 e. The fourth-order valence-corrected chi connectivity index (χ4v) is 2.21. The summed E-state index contributed by atoms with van der Waals surface area (Å²) in [4.78, 5) is 26.2. The molecule has 102 valence electrons. The van der Waals surface area contributed by atoms with Crippen LogP contribution in [0.5, 0.6) is 0 Å². The van der Waals surface area contributed by atoms with Crippen LogP contribution >= 0.6 is 0 Å². The van der Waals surface area contributed by atoms with Gasteiger partial charge in [0.2, 0.25) is 5.91 Å². The zero-order valence-electron chi connectivity index (χ0n) is 11.2. The van der Waals surface area contributed by atoms with Gasteiger partial charge in [-0.2, -0.15) is 0 Å². The Labute approximate surface area is 112 Å². The standard InChI is InChI=1S/C14H18N2O3/c1-10-3-5-11(6-4-10)7-16-9-13(17)15(2)8-12(16)14(18)19/h3-6,12H,7-9H2,1-2H3,(H,18,19). The third-order valence-electron chi connectivity index (χ3n) is 3.44. The second-order valence-electron chi connectivity index (χ2n) is 5.02. The molecule has 5 heteroatoms. The number of hydrogen-bond acceptors (Lipinski definition) is 3. The minimum absolute atomic E-state index is 0.0374. The fourth-order valence-electron chi connectivity index (χ4n) is 2.21. The van der Waals surface area contributed by atoms with Crippen LogP contribution in [0.2, 0.25) is 0 Å². The first-order chi connectivity index (χ1) is 8.97. The molecule has 1 N–H and O–H groups in total. The van der Waals surface area contributed by atoms with Gasteiger partial charge in [0.15, 0.2) is 0 Å². The number of carboxylic acids is 1. The van der Waals surface area contributed by atoms with E-state index < -0.39 is 12.0 Å². The van der Waals surface area contributed by atoms with Crippen molar-refractivity contribution >= 4 is 11.9 Å². The molecule has 1 saturated heterocycles. The van der Waals surface area contributed by atoms with E-state index in [9.17, 15) is 14.7 Å². The van der Waals surface area contributed by atoms with Crippen molar-refractivity contribution < 1.29 is 14.7 Å². The number of piperazine rings is 1. The minimum atomic E-state index is -0.883. The van der Waals surface area contributed by atoms with E-state index in [1.807, 2.05) is 31.2 Å². The van der Waals surface area contributed by atoms with E-state index in [2.05, 4.69) is 0 Å². The van der Waals surface area contributed by atoms with Crippen molar-refractivity contribution in [3.8, 4) is 0 Å². The van der Waals surface area contributed by atoms with E-state index in [1.54, 1.807) is 11.9 Å². The lowest BCUT2D eigenvalue weighted by atomic mass is 10.1. The lowest BCUT2D eigenvalue weighted by Gasteiger charge is -2.37. The van der Waals surface area contributed by atoms with Gasteiger partial charge < -0.3 is 10.0 Å². The van der Waals surface area contributed by atoms with Crippen LogP contribution in [0.15, 0.2) is 24.3 Å². The van der Waals surface area contributed by atoms with Crippen molar-refractivity contribution in [3.63, 3.8) is 0 Å². The summed E-state index contributed by atoms with van der Waals surface area (Å²) >= 11 is 0. The molecule has 1 aromatic rings. The average molecular weight is 262 g/mol. The van der Waals surface area contributed by atoms with Crippen LogP contribution in [0.4, 0.5) is 0 Å². The Hall–Kier alpha value is -1.88. The summed E-state index contributed by atoms with van der Waals surface area (Å²) in [6.07, 6.45) is 0. The lowest BCUT2D eigenvalue weighted by Crippen LogP contribution is -2.57. The number of aryl methyl sites for hydroxylation is 1. The average Bonchev–Trinajstić information content (AvgIpc) is 2.36. The molecule has 1 fully saturated rings. The summed E-state index contributed by atoms with van der Waals surface area (Å²) in [5, 5.41) is 9.26. The second kappa shape index (κ2) is 5.40. The van der Waals surface area contributed by atoms with Gasteiger partial charge in [-0.25, -0.2) is 0 Å². The van der Waals surface area contributed by atoms with Crippen LogP contribution < -0.4 is 0 Å². The van der Waals surface area contributed by atoms with Crippen LogP contribution in [0, 0.1) is 6.92 Å². The quantitative estimate of drug-likeness (QED) is 0.872. The predicted molar refractivity (Wildman–Crippen MR) is 70.6 cm³/mol. The summed E-state index contributed by atoms with van der Waals surface area (Å²) in [5.41, 5.74) is 2.18. The lowest BCUT2D eigenvalue weighted by molar-refractivity contribution is -0.151. The number of rotatable bonds is 3. The Bertz CT molecular complexity index is 484. The maximum absolute atomic E-state index is 11.7. The molecule has 0 radical (unpaired) electrons. The Kier molecular flexibility index (Phi) is 3.85. The van der Waals surface area contributed by atoms with E-state index >= 15 is 0 Å². The Morgan fingerprint density at radius 1 is 1.37 bits per heavy atom. The number of hydrogen-bond donors (Lipinski definition) is 1. The van der Waals surface area contributed by atoms with Gasteiger partial charge in [0, 0.05) is 20.1 Å². The Morgan fingerprint density at radius 3 is 2.58 bits per heavy atom. The molecule has 1 aliphatic heterocycles. The molecular formula is C14H18N2O3. The third-order valence-corrected chi connectivity index (χ3v) is 3.44. The van der Waals surface area contributed by atoms with Crippen LogP contribution in [-0.2, 0) is 16.1 Å². The van der Waals surface area contributed by atoms with Crippen molar-refractivity contribution in [2.45, 2.75) is 19.5 Å². The van der Waals surface area contributed by atoms with Crippen LogP contribution in [0.25, 0.3) is 0 Å². The molecule has 0 aromatic heterocycles. The topological polar surface area (TPSA) is 60.9 Å². The smallest absolute Gasteiger partial charge is 0.322 e. The molecule has 5 nitrogen and oxygen atoms in total. The molecular weight excluding hydrogens is 244 g/mol. The molecule has 1 aliphatic rings. The van der Waals surface area contributed by atoms with Gasteiger partial charge in [-0.05, 0) is 12.5 Å². The minimum Gasteiger partial charge on any atom is -0.480 e. The summed E-state index contributed by atoms with van der Waals surface area (Å²) < 4.78 is 0. The molecule has 19 heavy (non-hydrogen) atoms. The molecule has 0 aliphatic carbocycles. The van der Waals surface area contributed by atoms with Gasteiger partial charge in [-0.15, -0.1) is 0 Å². The highest BCUT2D eigenvalue weighted by molar-refractivity contribution is 5.83. The van der Waals surface area contributed by atoms with Gasteiger partial charge in [0.25, 0.3) is 0 Å². The van der Waals surface area contributed by atoms with E-state index in [0.717, 1.165) is 11.1 Å². The van der Waals surface area contributed by atoms with Crippen molar-refractivity contribution in [2.24, 2.45) is 0 Å². The first-order valence-electron chi connectivity index (χ1n) is 6.23. The number of carboxylic acid groups (broad SMARTS) is 1. The van der Waals surface area contributed by atoms with E-state index in [-0.39, 0.29) is 19.0 Å². The Balaban J connectivity index is 2.13. The Morgan fingerprint density at radius 2 is 2.00 bits per heavy atom. The van der Waals surface area contributed by atoms with E-state index in [1.165, 1.54) is 4.90 Å².